The van der Waals surface area contributed by atoms with Gasteiger partial charge in [0.1, 0.15) is 6.10 Å². The van der Waals surface area contributed by atoms with Crippen LogP contribution in [-0.2, 0) is 11.0 Å². The van der Waals surface area contributed by atoms with Crippen LogP contribution in [0, 0.1) is 16.0 Å². The lowest BCUT2D eigenvalue weighted by molar-refractivity contribution is -0.385. The quantitative estimate of drug-likeness (QED) is 0.600. The predicted molar refractivity (Wildman–Crippen MR) is 76.1 cm³/mol. The molecular formula is C15H15F3N2O3. The molecule has 0 unspecified atom stereocenters. The van der Waals surface area contributed by atoms with E-state index >= 15 is 0 Å². The number of alkyl halides is 3. The van der Waals surface area contributed by atoms with Gasteiger partial charge in [-0.1, -0.05) is 18.0 Å². The third-order valence-corrected chi connectivity index (χ3v) is 4.39. The zero-order valence-corrected chi connectivity index (χ0v) is 12.2. The minimum Gasteiger partial charge on any atom is -0.392 e. The molecule has 1 aromatic rings. The number of non-ortho nitro benzene ring substituents is 1. The van der Waals surface area contributed by atoms with Crippen LogP contribution in [0.1, 0.15) is 43.2 Å². The Labute approximate surface area is 130 Å². The third-order valence-electron chi connectivity index (χ3n) is 4.39. The van der Waals surface area contributed by atoms with E-state index < -0.39 is 22.4 Å². The SMILES string of the molecule is O=[N+]([O-])c1ccc(C2=NO[C@H]3CCCCC[C@@H]23)c(C(F)(F)F)c1. The molecule has 2 aliphatic rings. The molecule has 2 atom stereocenters. The molecule has 0 N–H and O–H groups in total. The molecule has 3 rings (SSSR count). The number of nitro groups is 1. The highest BCUT2D eigenvalue weighted by atomic mass is 19.4. The van der Waals surface area contributed by atoms with Gasteiger partial charge in [-0.2, -0.15) is 13.2 Å². The molecule has 8 heteroatoms. The van der Waals surface area contributed by atoms with Crippen LogP contribution < -0.4 is 0 Å². The lowest BCUT2D eigenvalue weighted by Crippen LogP contribution is -2.25. The van der Waals surface area contributed by atoms with Gasteiger partial charge < -0.3 is 4.84 Å². The van der Waals surface area contributed by atoms with Gasteiger partial charge in [0.25, 0.3) is 5.69 Å². The molecule has 0 amide bonds. The summed E-state index contributed by atoms with van der Waals surface area (Å²) in [5, 5.41) is 14.7. The molecule has 23 heavy (non-hydrogen) atoms. The fraction of sp³-hybridized carbons (Fsp3) is 0.533. The maximum atomic E-state index is 13.3. The third kappa shape index (κ3) is 3.02. The van der Waals surface area contributed by atoms with Gasteiger partial charge in [-0.25, -0.2) is 0 Å². The normalized spacial score (nSPS) is 24.4. The first-order chi connectivity index (χ1) is 10.9. The monoisotopic (exact) mass is 328 g/mol. The van der Waals surface area contributed by atoms with Crippen molar-refractivity contribution in [1.82, 2.24) is 0 Å². The van der Waals surface area contributed by atoms with Gasteiger partial charge in [-0.15, -0.1) is 0 Å². The summed E-state index contributed by atoms with van der Waals surface area (Å²) in [6.45, 7) is 0. The highest BCUT2D eigenvalue weighted by Gasteiger charge is 2.41. The van der Waals surface area contributed by atoms with Crippen LogP contribution in [0.3, 0.4) is 0 Å². The van der Waals surface area contributed by atoms with E-state index in [0.717, 1.165) is 44.2 Å². The highest BCUT2D eigenvalue weighted by molar-refractivity contribution is 6.04. The van der Waals surface area contributed by atoms with Crippen LogP contribution in [0.15, 0.2) is 23.4 Å². The number of hydrogen-bond acceptors (Lipinski definition) is 4. The molecule has 1 heterocycles. The Kier molecular flexibility index (Phi) is 3.99. The summed E-state index contributed by atoms with van der Waals surface area (Å²) in [5.74, 6) is -0.181. The molecule has 0 spiro atoms. The van der Waals surface area contributed by atoms with E-state index in [-0.39, 0.29) is 23.3 Å². The average Bonchev–Trinajstić information content (AvgIpc) is 2.74. The van der Waals surface area contributed by atoms with E-state index in [9.17, 15) is 23.3 Å². The van der Waals surface area contributed by atoms with Crippen LogP contribution in [0.4, 0.5) is 18.9 Å². The first-order valence-electron chi connectivity index (χ1n) is 7.47. The van der Waals surface area contributed by atoms with E-state index in [1.807, 2.05) is 0 Å². The molecule has 1 saturated carbocycles. The minimum atomic E-state index is -4.69. The van der Waals surface area contributed by atoms with Crippen molar-refractivity contribution in [3.63, 3.8) is 0 Å². The molecule has 0 aromatic heterocycles. The summed E-state index contributed by atoms with van der Waals surface area (Å²) >= 11 is 0. The Bertz CT molecular complexity index is 658. The van der Waals surface area contributed by atoms with Crippen molar-refractivity contribution >= 4 is 11.4 Å². The Balaban J connectivity index is 2.03. The molecule has 0 bridgehead atoms. The van der Waals surface area contributed by atoms with Crippen molar-refractivity contribution in [3.8, 4) is 0 Å². The number of fused-ring (bicyclic) bond motifs is 1. The number of rotatable bonds is 2. The Morgan fingerprint density at radius 3 is 2.65 bits per heavy atom. The second-order valence-electron chi connectivity index (χ2n) is 5.85. The van der Waals surface area contributed by atoms with Crippen molar-refractivity contribution in [1.29, 1.82) is 0 Å². The van der Waals surface area contributed by atoms with Crippen molar-refractivity contribution in [2.75, 3.05) is 0 Å². The zero-order chi connectivity index (χ0) is 16.6. The standard InChI is InChI=1S/C15H15F3N2O3/c16-15(17,18)12-8-9(20(21)22)6-7-10(12)14-11-4-2-1-3-5-13(11)23-19-14/h6-8,11,13H,1-5H2/t11-,13+/m1/s1. The van der Waals surface area contributed by atoms with Gasteiger partial charge in [0.05, 0.1) is 16.2 Å². The second kappa shape index (κ2) is 5.82. The predicted octanol–water partition coefficient (Wildman–Crippen LogP) is 4.30. The van der Waals surface area contributed by atoms with E-state index in [2.05, 4.69) is 5.16 Å². The molecule has 0 radical (unpaired) electrons. The van der Waals surface area contributed by atoms with E-state index in [1.165, 1.54) is 0 Å². The van der Waals surface area contributed by atoms with Gasteiger partial charge in [0, 0.05) is 23.6 Å². The number of nitro benzene ring substituents is 1. The van der Waals surface area contributed by atoms with Gasteiger partial charge in [0.2, 0.25) is 0 Å². The van der Waals surface area contributed by atoms with E-state index in [0.29, 0.717) is 6.07 Å². The van der Waals surface area contributed by atoms with Crippen molar-refractivity contribution in [2.45, 2.75) is 44.4 Å². The summed E-state index contributed by atoms with van der Waals surface area (Å²) in [5.41, 5.74) is -1.46. The lowest BCUT2D eigenvalue weighted by Gasteiger charge is -2.18. The summed E-state index contributed by atoms with van der Waals surface area (Å²) < 4.78 is 40.0. The summed E-state index contributed by atoms with van der Waals surface area (Å²) in [6, 6.07) is 2.79. The fourth-order valence-electron chi connectivity index (χ4n) is 3.26. The maximum Gasteiger partial charge on any atom is 0.417 e. The Morgan fingerprint density at radius 2 is 1.96 bits per heavy atom. The van der Waals surface area contributed by atoms with Crippen molar-refractivity contribution in [3.05, 3.63) is 39.4 Å². The smallest absolute Gasteiger partial charge is 0.392 e. The highest BCUT2D eigenvalue weighted by Crippen LogP contribution is 2.39. The summed E-state index contributed by atoms with van der Waals surface area (Å²) in [7, 11) is 0. The van der Waals surface area contributed by atoms with Gasteiger partial charge in [-0.05, 0) is 25.3 Å². The van der Waals surface area contributed by atoms with E-state index in [4.69, 9.17) is 4.84 Å². The molecule has 1 aromatic carbocycles. The van der Waals surface area contributed by atoms with Crippen LogP contribution in [0.2, 0.25) is 0 Å². The molecule has 5 nitrogen and oxygen atoms in total. The maximum absolute atomic E-state index is 13.3. The number of benzene rings is 1. The van der Waals surface area contributed by atoms with Gasteiger partial charge in [0.15, 0.2) is 0 Å². The number of nitrogens with zero attached hydrogens (tertiary/aromatic N) is 2. The molecule has 1 aliphatic carbocycles. The first kappa shape index (κ1) is 15.8. The average molecular weight is 328 g/mol. The number of oxime groups is 1. The minimum absolute atomic E-state index is 0.113. The van der Waals surface area contributed by atoms with Gasteiger partial charge in [-0.3, -0.25) is 10.1 Å². The largest absolute Gasteiger partial charge is 0.417 e. The Morgan fingerprint density at radius 1 is 1.22 bits per heavy atom. The topological polar surface area (TPSA) is 64.7 Å². The molecule has 1 fully saturated rings. The van der Waals surface area contributed by atoms with Crippen molar-refractivity contribution < 1.29 is 22.9 Å². The first-order valence-corrected chi connectivity index (χ1v) is 7.47. The summed E-state index contributed by atoms with van der Waals surface area (Å²) in [4.78, 5) is 15.3. The number of hydrogen-bond donors (Lipinski definition) is 0. The van der Waals surface area contributed by atoms with Crippen LogP contribution in [-0.4, -0.2) is 16.7 Å². The van der Waals surface area contributed by atoms with Crippen LogP contribution >= 0.6 is 0 Å². The molecule has 124 valence electrons. The van der Waals surface area contributed by atoms with E-state index in [1.54, 1.807) is 0 Å². The zero-order valence-electron chi connectivity index (χ0n) is 12.2. The molecule has 0 saturated heterocycles. The second-order valence-corrected chi connectivity index (χ2v) is 5.85. The Hall–Kier alpha value is -2.12. The lowest BCUT2D eigenvalue weighted by atomic mass is 9.86. The van der Waals surface area contributed by atoms with Gasteiger partial charge >= 0.3 is 6.18 Å². The fourth-order valence-corrected chi connectivity index (χ4v) is 3.26. The number of halogens is 3. The van der Waals surface area contributed by atoms with Crippen molar-refractivity contribution in [2.24, 2.45) is 11.1 Å². The summed E-state index contributed by atoms with van der Waals surface area (Å²) in [6.07, 6.45) is -0.482. The van der Waals surface area contributed by atoms with Crippen LogP contribution in [0.5, 0.6) is 0 Å². The molecule has 1 aliphatic heterocycles. The molecular weight excluding hydrogens is 313 g/mol. The van der Waals surface area contributed by atoms with Crippen LogP contribution in [0.25, 0.3) is 0 Å².